The van der Waals surface area contributed by atoms with Crippen LogP contribution in [0.2, 0.25) is 0 Å². The summed E-state index contributed by atoms with van der Waals surface area (Å²) in [6.07, 6.45) is -0.120. The number of aliphatic carboxylic acids is 1. The lowest BCUT2D eigenvalue weighted by Gasteiger charge is -2.32. The van der Waals surface area contributed by atoms with Crippen LogP contribution in [0.4, 0.5) is 0 Å². The predicted octanol–water partition coefficient (Wildman–Crippen LogP) is 2.52. The molecule has 1 heterocycles. The highest BCUT2D eigenvalue weighted by Gasteiger charge is 2.22. The van der Waals surface area contributed by atoms with E-state index in [0.29, 0.717) is 13.2 Å². The fraction of sp³-hybridized carbons (Fsp3) is 0.353. The second-order valence-corrected chi connectivity index (χ2v) is 5.51. The van der Waals surface area contributed by atoms with E-state index < -0.39 is 5.97 Å². The molecule has 1 unspecified atom stereocenters. The lowest BCUT2D eigenvalue weighted by Crippen LogP contribution is -2.42. The van der Waals surface area contributed by atoms with Crippen LogP contribution in [0.1, 0.15) is 12.0 Å². The minimum atomic E-state index is -0.799. The number of morpholine rings is 1. The highest BCUT2D eigenvalue weighted by molar-refractivity contribution is 5.82. The molecule has 2 aromatic carbocycles. The summed E-state index contributed by atoms with van der Waals surface area (Å²) < 4.78 is 5.50. The molecule has 1 aliphatic rings. The van der Waals surface area contributed by atoms with Gasteiger partial charge in [0, 0.05) is 19.6 Å². The summed E-state index contributed by atoms with van der Waals surface area (Å²) in [7, 11) is 0. The molecule has 1 fully saturated rings. The van der Waals surface area contributed by atoms with Crippen molar-refractivity contribution in [3.05, 3.63) is 48.0 Å². The molecule has 0 radical (unpaired) electrons. The predicted molar refractivity (Wildman–Crippen MR) is 81.2 cm³/mol. The largest absolute Gasteiger partial charge is 0.481 e. The summed E-state index contributed by atoms with van der Waals surface area (Å²) in [6.45, 7) is 2.97. The van der Waals surface area contributed by atoms with Gasteiger partial charge in [0.25, 0.3) is 0 Å². The van der Waals surface area contributed by atoms with Gasteiger partial charge >= 0.3 is 5.97 Å². The Bertz CT molecular complexity index is 641. The molecule has 110 valence electrons. The number of carboxylic acids is 1. The van der Waals surface area contributed by atoms with Gasteiger partial charge in [0.2, 0.25) is 0 Å². The first-order chi connectivity index (χ1) is 10.2. The number of rotatable bonds is 4. The molecule has 0 bridgehead atoms. The minimum absolute atomic E-state index is 0.0776. The van der Waals surface area contributed by atoms with Crippen LogP contribution in [0.3, 0.4) is 0 Å². The lowest BCUT2D eigenvalue weighted by atomic mass is 10.1. The number of ether oxygens (including phenoxy) is 1. The van der Waals surface area contributed by atoms with Crippen LogP contribution in [0.15, 0.2) is 42.5 Å². The fourth-order valence-electron chi connectivity index (χ4n) is 2.84. The first-order valence-electron chi connectivity index (χ1n) is 7.24. The molecule has 0 saturated carbocycles. The van der Waals surface area contributed by atoms with E-state index in [0.717, 1.165) is 13.1 Å². The van der Waals surface area contributed by atoms with E-state index in [4.69, 9.17) is 9.84 Å². The molecule has 3 rings (SSSR count). The quantitative estimate of drug-likeness (QED) is 0.938. The molecule has 21 heavy (non-hydrogen) atoms. The summed E-state index contributed by atoms with van der Waals surface area (Å²) >= 11 is 0. The SMILES string of the molecule is O=C(O)CC1CN(Cc2ccc3ccccc3c2)CCO1. The Hall–Kier alpha value is -1.91. The molecule has 1 saturated heterocycles. The van der Waals surface area contributed by atoms with E-state index >= 15 is 0 Å². The summed E-state index contributed by atoms with van der Waals surface area (Å²) in [5.74, 6) is -0.799. The monoisotopic (exact) mass is 285 g/mol. The van der Waals surface area contributed by atoms with Crippen molar-refractivity contribution >= 4 is 16.7 Å². The zero-order valence-electron chi connectivity index (χ0n) is 11.9. The molecule has 0 amide bonds. The van der Waals surface area contributed by atoms with Crippen LogP contribution >= 0.6 is 0 Å². The van der Waals surface area contributed by atoms with E-state index in [1.165, 1.54) is 16.3 Å². The smallest absolute Gasteiger partial charge is 0.306 e. The summed E-state index contributed by atoms with van der Waals surface area (Å²) in [5, 5.41) is 11.3. The normalized spacial score (nSPS) is 19.7. The van der Waals surface area contributed by atoms with E-state index in [1.807, 2.05) is 12.1 Å². The van der Waals surface area contributed by atoms with E-state index in [-0.39, 0.29) is 12.5 Å². The highest BCUT2D eigenvalue weighted by Crippen LogP contribution is 2.18. The van der Waals surface area contributed by atoms with Gasteiger partial charge in [-0.25, -0.2) is 0 Å². The fourth-order valence-corrected chi connectivity index (χ4v) is 2.84. The number of carboxylic acid groups (broad SMARTS) is 1. The molecular weight excluding hydrogens is 266 g/mol. The number of hydrogen-bond donors (Lipinski definition) is 1. The maximum absolute atomic E-state index is 10.8. The van der Waals surface area contributed by atoms with Crippen LogP contribution in [0.5, 0.6) is 0 Å². The third kappa shape index (κ3) is 3.60. The average molecular weight is 285 g/mol. The summed E-state index contributed by atoms with van der Waals surface area (Å²) in [4.78, 5) is 13.0. The first kappa shape index (κ1) is 14.0. The Morgan fingerprint density at radius 2 is 2.05 bits per heavy atom. The van der Waals surface area contributed by atoms with E-state index in [1.54, 1.807) is 0 Å². The van der Waals surface area contributed by atoms with Gasteiger partial charge in [-0.1, -0.05) is 36.4 Å². The van der Waals surface area contributed by atoms with Crippen molar-refractivity contribution in [2.45, 2.75) is 19.1 Å². The molecule has 1 atom stereocenters. The maximum Gasteiger partial charge on any atom is 0.306 e. The van der Waals surface area contributed by atoms with Gasteiger partial charge in [-0.05, 0) is 22.4 Å². The molecular formula is C17H19NO3. The van der Waals surface area contributed by atoms with Gasteiger partial charge in [-0.2, -0.15) is 0 Å². The van der Waals surface area contributed by atoms with Crippen LogP contribution < -0.4 is 0 Å². The van der Waals surface area contributed by atoms with Crippen LogP contribution in [-0.4, -0.2) is 41.8 Å². The molecule has 4 nitrogen and oxygen atoms in total. The zero-order chi connectivity index (χ0) is 14.7. The number of fused-ring (bicyclic) bond motifs is 1. The second-order valence-electron chi connectivity index (χ2n) is 5.51. The molecule has 4 heteroatoms. The Morgan fingerprint density at radius 3 is 2.86 bits per heavy atom. The average Bonchev–Trinajstić information content (AvgIpc) is 2.47. The topological polar surface area (TPSA) is 49.8 Å². The Morgan fingerprint density at radius 1 is 1.24 bits per heavy atom. The Balaban J connectivity index is 1.68. The van der Waals surface area contributed by atoms with Gasteiger partial charge in [0.05, 0.1) is 19.1 Å². The van der Waals surface area contributed by atoms with Gasteiger partial charge in [0.1, 0.15) is 0 Å². The summed E-state index contributed by atoms with van der Waals surface area (Å²) in [5.41, 5.74) is 1.25. The number of nitrogens with zero attached hydrogens (tertiary/aromatic N) is 1. The molecule has 2 aromatic rings. The molecule has 1 aliphatic heterocycles. The highest BCUT2D eigenvalue weighted by atomic mass is 16.5. The first-order valence-corrected chi connectivity index (χ1v) is 7.24. The standard InChI is InChI=1S/C17H19NO3/c19-17(20)10-16-12-18(7-8-21-16)11-13-5-6-14-3-1-2-4-15(14)9-13/h1-6,9,16H,7-8,10-12H2,(H,19,20). The Labute approximate surface area is 123 Å². The van der Waals surface area contributed by atoms with Crippen molar-refractivity contribution in [3.8, 4) is 0 Å². The lowest BCUT2D eigenvalue weighted by molar-refractivity contribution is -0.142. The summed E-state index contributed by atoms with van der Waals surface area (Å²) in [6, 6.07) is 14.8. The van der Waals surface area contributed by atoms with E-state index in [2.05, 4.69) is 35.2 Å². The van der Waals surface area contributed by atoms with Crippen molar-refractivity contribution in [3.63, 3.8) is 0 Å². The van der Waals surface area contributed by atoms with Crippen LogP contribution in [0, 0.1) is 0 Å². The van der Waals surface area contributed by atoms with Crippen molar-refractivity contribution in [1.29, 1.82) is 0 Å². The number of carbonyl (C=O) groups is 1. The maximum atomic E-state index is 10.8. The van der Waals surface area contributed by atoms with Crippen LogP contribution in [-0.2, 0) is 16.1 Å². The molecule has 0 aromatic heterocycles. The molecule has 1 N–H and O–H groups in total. The van der Waals surface area contributed by atoms with Gasteiger partial charge in [-0.3, -0.25) is 9.69 Å². The van der Waals surface area contributed by atoms with Crippen molar-refractivity contribution in [2.24, 2.45) is 0 Å². The third-order valence-electron chi connectivity index (χ3n) is 3.85. The molecule has 0 aliphatic carbocycles. The number of hydrogen-bond acceptors (Lipinski definition) is 3. The van der Waals surface area contributed by atoms with E-state index in [9.17, 15) is 4.79 Å². The van der Waals surface area contributed by atoms with Crippen molar-refractivity contribution < 1.29 is 14.6 Å². The van der Waals surface area contributed by atoms with Crippen molar-refractivity contribution in [2.75, 3.05) is 19.7 Å². The van der Waals surface area contributed by atoms with Gasteiger partial charge in [0.15, 0.2) is 0 Å². The van der Waals surface area contributed by atoms with Gasteiger partial charge in [-0.15, -0.1) is 0 Å². The number of benzene rings is 2. The zero-order valence-corrected chi connectivity index (χ0v) is 11.9. The van der Waals surface area contributed by atoms with Crippen LogP contribution in [0.25, 0.3) is 10.8 Å². The van der Waals surface area contributed by atoms with Gasteiger partial charge < -0.3 is 9.84 Å². The minimum Gasteiger partial charge on any atom is -0.481 e. The molecule has 0 spiro atoms. The third-order valence-corrected chi connectivity index (χ3v) is 3.85. The van der Waals surface area contributed by atoms with Crippen molar-refractivity contribution in [1.82, 2.24) is 4.90 Å². The second kappa shape index (κ2) is 6.24. The Kier molecular flexibility index (Phi) is 4.18.